The summed E-state index contributed by atoms with van der Waals surface area (Å²) < 4.78 is 0. The predicted octanol–water partition coefficient (Wildman–Crippen LogP) is 1.01. The van der Waals surface area contributed by atoms with Crippen LogP contribution < -0.4 is 5.32 Å². The Kier molecular flexibility index (Phi) is 5.34. The van der Waals surface area contributed by atoms with Crippen LogP contribution in [-0.2, 0) is 6.54 Å². The molecule has 0 bridgehead atoms. The fraction of sp³-hybridized carbons (Fsp3) is 0.667. The van der Waals surface area contributed by atoms with Gasteiger partial charge in [0, 0.05) is 44.1 Å². The molecule has 0 amide bonds. The van der Waals surface area contributed by atoms with Crippen molar-refractivity contribution in [3.63, 3.8) is 0 Å². The Hall–Kier alpha value is -1.17. The van der Waals surface area contributed by atoms with Crippen molar-refractivity contribution in [2.75, 3.05) is 39.0 Å². The summed E-state index contributed by atoms with van der Waals surface area (Å²) >= 11 is 0. The molecule has 0 aromatic carbocycles. The lowest BCUT2D eigenvalue weighted by Crippen LogP contribution is -2.37. The lowest BCUT2D eigenvalue weighted by Gasteiger charge is -2.26. The van der Waals surface area contributed by atoms with Gasteiger partial charge >= 0.3 is 0 Å². The number of aliphatic hydroxyl groups excluding tert-OH is 1. The third kappa shape index (κ3) is 4.16. The van der Waals surface area contributed by atoms with E-state index in [4.69, 9.17) is 0 Å². The normalized spacial score (nSPS) is 23.4. The molecule has 1 fully saturated rings. The summed E-state index contributed by atoms with van der Waals surface area (Å²) in [7, 11) is 4.15. The molecule has 0 radical (unpaired) electrons. The minimum absolute atomic E-state index is 0.211. The topological polar surface area (TPSA) is 51.6 Å². The first-order chi connectivity index (χ1) is 9.58. The van der Waals surface area contributed by atoms with Crippen LogP contribution in [0.4, 0.5) is 5.69 Å². The summed E-state index contributed by atoms with van der Waals surface area (Å²) in [6, 6.07) is 4.49. The molecule has 1 saturated heterocycles. The van der Waals surface area contributed by atoms with E-state index in [1.165, 1.54) is 0 Å². The van der Waals surface area contributed by atoms with E-state index in [1.807, 2.05) is 12.3 Å². The van der Waals surface area contributed by atoms with Gasteiger partial charge in [0.25, 0.3) is 0 Å². The average molecular weight is 278 g/mol. The minimum atomic E-state index is -0.211. The van der Waals surface area contributed by atoms with E-state index < -0.39 is 0 Å². The molecule has 1 aromatic heterocycles. The number of likely N-dealkylation sites (N-methyl/N-ethyl adjacent to an activating group) is 1. The summed E-state index contributed by atoms with van der Waals surface area (Å²) in [5.74, 6) is 0. The molecule has 1 aliphatic rings. The van der Waals surface area contributed by atoms with Crippen LogP contribution in [0.25, 0.3) is 0 Å². The molecule has 0 aliphatic carbocycles. The highest BCUT2D eigenvalue weighted by molar-refractivity contribution is 5.42. The fourth-order valence-corrected chi connectivity index (χ4v) is 2.85. The lowest BCUT2D eigenvalue weighted by atomic mass is 10.2. The number of rotatable bonds is 6. The molecule has 0 saturated carbocycles. The number of pyridine rings is 1. The van der Waals surface area contributed by atoms with Crippen LogP contribution in [0.5, 0.6) is 0 Å². The number of hydrogen-bond acceptors (Lipinski definition) is 5. The maximum atomic E-state index is 9.91. The molecule has 112 valence electrons. The third-order valence-electron chi connectivity index (χ3n) is 3.64. The van der Waals surface area contributed by atoms with Crippen LogP contribution >= 0.6 is 0 Å². The fourth-order valence-electron chi connectivity index (χ4n) is 2.85. The summed E-state index contributed by atoms with van der Waals surface area (Å²) in [5.41, 5.74) is 2.17. The van der Waals surface area contributed by atoms with E-state index in [9.17, 15) is 5.11 Å². The van der Waals surface area contributed by atoms with Crippen LogP contribution in [0, 0.1) is 0 Å². The molecule has 5 heteroatoms. The zero-order valence-corrected chi connectivity index (χ0v) is 12.7. The summed E-state index contributed by atoms with van der Waals surface area (Å²) in [6.45, 7) is 5.52. The van der Waals surface area contributed by atoms with Crippen LogP contribution in [0.3, 0.4) is 0 Å². The highest BCUT2D eigenvalue weighted by atomic mass is 16.3. The number of aliphatic hydroxyl groups is 1. The van der Waals surface area contributed by atoms with Crippen LogP contribution in [-0.4, -0.2) is 65.8 Å². The first-order valence-electron chi connectivity index (χ1n) is 7.34. The molecule has 2 heterocycles. The van der Waals surface area contributed by atoms with Crippen molar-refractivity contribution in [3.8, 4) is 0 Å². The first kappa shape index (κ1) is 15.2. The molecule has 1 aliphatic heterocycles. The van der Waals surface area contributed by atoms with E-state index >= 15 is 0 Å². The number of β-amino-alcohol motifs (C(OH)–C–C–N with tert-alkyl or cyclic N) is 1. The zero-order valence-electron chi connectivity index (χ0n) is 12.7. The van der Waals surface area contributed by atoms with Crippen molar-refractivity contribution in [2.45, 2.75) is 32.0 Å². The van der Waals surface area contributed by atoms with Gasteiger partial charge in [-0.25, -0.2) is 0 Å². The average Bonchev–Trinajstić information content (AvgIpc) is 2.69. The van der Waals surface area contributed by atoms with Gasteiger partial charge in [0.15, 0.2) is 0 Å². The SMILES string of the molecule is CCNc1ccnc(CN2CC(O)CC2CN(C)C)c1. The van der Waals surface area contributed by atoms with E-state index in [0.717, 1.165) is 44.0 Å². The third-order valence-corrected chi connectivity index (χ3v) is 3.64. The van der Waals surface area contributed by atoms with Crippen LogP contribution in [0.2, 0.25) is 0 Å². The van der Waals surface area contributed by atoms with Crippen molar-refractivity contribution < 1.29 is 5.11 Å². The van der Waals surface area contributed by atoms with Crippen LogP contribution in [0.1, 0.15) is 19.0 Å². The zero-order chi connectivity index (χ0) is 14.5. The summed E-state index contributed by atoms with van der Waals surface area (Å²) in [6.07, 6.45) is 2.49. The highest BCUT2D eigenvalue weighted by Crippen LogP contribution is 2.21. The summed E-state index contributed by atoms with van der Waals surface area (Å²) in [5, 5.41) is 13.2. The van der Waals surface area contributed by atoms with Gasteiger partial charge < -0.3 is 15.3 Å². The number of nitrogens with zero attached hydrogens (tertiary/aromatic N) is 3. The van der Waals surface area contributed by atoms with Crippen molar-refractivity contribution in [3.05, 3.63) is 24.0 Å². The van der Waals surface area contributed by atoms with Gasteiger partial charge in [0.1, 0.15) is 0 Å². The molecule has 1 aromatic rings. The van der Waals surface area contributed by atoms with Gasteiger partial charge in [0.05, 0.1) is 11.8 Å². The van der Waals surface area contributed by atoms with Crippen molar-refractivity contribution in [1.29, 1.82) is 0 Å². The molecule has 5 nitrogen and oxygen atoms in total. The molecule has 0 spiro atoms. The van der Waals surface area contributed by atoms with Gasteiger partial charge in [-0.15, -0.1) is 0 Å². The van der Waals surface area contributed by atoms with Gasteiger partial charge in [-0.3, -0.25) is 9.88 Å². The number of nitrogens with one attached hydrogen (secondary N) is 1. The van der Waals surface area contributed by atoms with Crippen molar-refractivity contribution in [1.82, 2.24) is 14.8 Å². The van der Waals surface area contributed by atoms with Crippen molar-refractivity contribution >= 4 is 5.69 Å². The Morgan fingerprint density at radius 1 is 1.50 bits per heavy atom. The second kappa shape index (κ2) is 7.02. The Morgan fingerprint density at radius 2 is 2.30 bits per heavy atom. The van der Waals surface area contributed by atoms with Gasteiger partial charge in [0.2, 0.25) is 0 Å². The standard InChI is InChI=1S/C15H26N4O/c1-4-16-12-5-6-17-13(7-12)9-19-11-15(20)8-14(19)10-18(2)3/h5-7,14-15,20H,4,8-11H2,1-3H3,(H,16,17). The molecule has 2 atom stereocenters. The predicted molar refractivity (Wildman–Crippen MR) is 81.8 cm³/mol. The molecule has 2 rings (SSSR count). The van der Waals surface area contributed by atoms with Crippen LogP contribution in [0.15, 0.2) is 18.3 Å². The second-order valence-electron chi connectivity index (χ2n) is 5.80. The number of likely N-dealkylation sites (tertiary alicyclic amines) is 1. The number of aromatic nitrogens is 1. The maximum Gasteiger partial charge on any atom is 0.0682 e. The molecule has 2 N–H and O–H groups in total. The van der Waals surface area contributed by atoms with Gasteiger partial charge in [-0.1, -0.05) is 0 Å². The molecular formula is C15H26N4O. The first-order valence-corrected chi connectivity index (χ1v) is 7.34. The Labute approximate surface area is 121 Å². The van der Waals surface area contributed by atoms with Gasteiger partial charge in [-0.2, -0.15) is 0 Å². The number of hydrogen-bond donors (Lipinski definition) is 2. The molecule has 2 unspecified atom stereocenters. The Morgan fingerprint density at radius 3 is 3.00 bits per heavy atom. The Balaban J connectivity index is 2.01. The quantitative estimate of drug-likeness (QED) is 0.813. The van der Waals surface area contributed by atoms with Gasteiger partial charge in [-0.05, 0) is 39.6 Å². The minimum Gasteiger partial charge on any atom is -0.392 e. The smallest absolute Gasteiger partial charge is 0.0682 e. The maximum absolute atomic E-state index is 9.91. The largest absolute Gasteiger partial charge is 0.392 e. The van der Waals surface area contributed by atoms with E-state index in [1.54, 1.807) is 0 Å². The van der Waals surface area contributed by atoms with E-state index in [2.05, 4.69) is 47.2 Å². The molecule has 20 heavy (non-hydrogen) atoms. The molecular weight excluding hydrogens is 252 g/mol. The van der Waals surface area contributed by atoms with E-state index in [-0.39, 0.29) is 6.10 Å². The highest BCUT2D eigenvalue weighted by Gasteiger charge is 2.31. The summed E-state index contributed by atoms with van der Waals surface area (Å²) in [4.78, 5) is 8.96. The monoisotopic (exact) mass is 278 g/mol. The lowest BCUT2D eigenvalue weighted by molar-refractivity contribution is 0.168. The number of anilines is 1. The second-order valence-corrected chi connectivity index (χ2v) is 5.80. The Bertz CT molecular complexity index is 424. The van der Waals surface area contributed by atoms with Crippen molar-refractivity contribution in [2.24, 2.45) is 0 Å². The van der Waals surface area contributed by atoms with E-state index in [0.29, 0.717) is 6.04 Å².